The van der Waals surface area contributed by atoms with Gasteiger partial charge in [-0.1, -0.05) is 32.9 Å². The summed E-state index contributed by atoms with van der Waals surface area (Å²) in [6.45, 7) is 5.51. The SMILES string of the molecule is CC(C)(C)c1ccc(Oc2c(C(F)(F)F)oc3cc(OCC(=O)Nc4sc5c(c4C#N)CCC5)ccc3c2=O)cc1. The van der Waals surface area contributed by atoms with E-state index in [4.69, 9.17) is 13.9 Å². The van der Waals surface area contributed by atoms with Gasteiger partial charge < -0.3 is 19.2 Å². The highest BCUT2D eigenvalue weighted by Crippen LogP contribution is 2.40. The molecule has 1 aliphatic rings. The van der Waals surface area contributed by atoms with Crippen LogP contribution in [0.1, 0.15) is 54.5 Å². The maximum atomic E-state index is 13.9. The van der Waals surface area contributed by atoms with E-state index in [-0.39, 0.29) is 27.9 Å². The van der Waals surface area contributed by atoms with Crippen molar-refractivity contribution in [2.75, 3.05) is 11.9 Å². The first kappa shape index (κ1) is 28.2. The number of carbonyl (C=O) groups is 1. The molecular formula is C30H25F3N2O5S. The summed E-state index contributed by atoms with van der Waals surface area (Å²) >= 11 is 1.36. The molecule has 2 heterocycles. The number of aryl methyl sites for hydroxylation is 1. The highest BCUT2D eigenvalue weighted by atomic mass is 32.1. The van der Waals surface area contributed by atoms with Crippen LogP contribution in [0.4, 0.5) is 18.2 Å². The van der Waals surface area contributed by atoms with Gasteiger partial charge in [-0.3, -0.25) is 9.59 Å². The van der Waals surface area contributed by atoms with Gasteiger partial charge in [0.25, 0.3) is 11.7 Å². The average molecular weight is 583 g/mol. The van der Waals surface area contributed by atoms with Gasteiger partial charge in [-0.2, -0.15) is 18.4 Å². The lowest BCUT2D eigenvalue weighted by Crippen LogP contribution is -2.20. The third-order valence-electron chi connectivity index (χ3n) is 6.68. The van der Waals surface area contributed by atoms with Crippen LogP contribution in [0.3, 0.4) is 0 Å². The Labute approximate surface area is 237 Å². The number of alkyl halides is 3. The number of thiophene rings is 1. The lowest BCUT2D eigenvalue weighted by Gasteiger charge is -2.19. The maximum Gasteiger partial charge on any atom is 0.453 e. The third kappa shape index (κ3) is 5.79. The van der Waals surface area contributed by atoms with E-state index in [2.05, 4.69) is 11.4 Å². The number of nitrogens with zero attached hydrogens (tertiary/aromatic N) is 1. The quantitative estimate of drug-likeness (QED) is 0.255. The number of ether oxygens (including phenoxy) is 2. The summed E-state index contributed by atoms with van der Waals surface area (Å²) in [5.74, 6) is -3.03. The molecule has 11 heteroatoms. The lowest BCUT2D eigenvalue weighted by molar-refractivity contribution is -0.154. The van der Waals surface area contributed by atoms with Gasteiger partial charge in [0.2, 0.25) is 11.2 Å². The molecule has 0 radical (unpaired) electrons. The Morgan fingerprint density at radius 1 is 1.10 bits per heavy atom. The number of hydrogen-bond donors (Lipinski definition) is 1. The van der Waals surface area contributed by atoms with Gasteiger partial charge in [0.1, 0.15) is 28.2 Å². The highest BCUT2D eigenvalue weighted by molar-refractivity contribution is 7.16. The Morgan fingerprint density at radius 3 is 2.46 bits per heavy atom. The lowest BCUT2D eigenvalue weighted by atomic mass is 9.87. The third-order valence-corrected chi connectivity index (χ3v) is 7.88. The molecule has 2 aromatic carbocycles. The molecule has 41 heavy (non-hydrogen) atoms. The molecule has 1 amide bonds. The van der Waals surface area contributed by atoms with E-state index < -0.39 is 35.6 Å². The van der Waals surface area contributed by atoms with Crippen LogP contribution in [0, 0.1) is 11.3 Å². The number of nitriles is 1. The fourth-order valence-corrected chi connectivity index (χ4v) is 5.84. The van der Waals surface area contributed by atoms with Gasteiger partial charge in [-0.15, -0.1) is 11.3 Å². The highest BCUT2D eigenvalue weighted by Gasteiger charge is 2.40. The molecule has 1 aliphatic carbocycles. The van der Waals surface area contributed by atoms with Crippen LogP contribution in [0.2, 0.25) is 0 Å². The number of rotatable bonds is 6. The Balaban J connectivity index is 1.37. The minimum atomic E-state index is -5.02. The Morgan fingerprint density at radius 2 is 1.80 bits per heavy atom. The number of amides is 1. The Bertz CT molecular complexity index is 1740. The second kappa shape index (κ2) is 10.6. The van der Waals surface area contributed by atoms with E-state index in [1.54, 1.807) is 12.1 Å². The van der Waals surface area contributed by atoms with Crippen molar-refractivity contribution in [3.63, 3.8) is 0 Å². The molecule has 5 rings (SSSR count). The number of benzene rings is 2. The van der Waals surface area contributed by atoms with E-state index in [1.165, 1.54) is 35.6 Å². The summed E-state index contributed by atoms with van der Waals surface area (Å²) in [5, 5.41) is 12.5. The van der Waals surface area contributed by atoms with Crippen molar-refractivity contribution in [3.8, 4) is 23.3 Å². The summed E-state index contributed by atoms with van der Waals surface area (Å²) in [6.07, 6.45) is -2.40. The molecule has 2 aromatic heterocycles. The second-order valence-corrected chi connectivity index (χ2v) is 11.7. The average Bonchev–Trinajstić information content (AvgIpc) is 3.49. The van der Waals surface area contributed by atoms with E-state index in [0.717, 1.165) is 41.3 Å². The van der Waals surface area contributed by atoms with Gasteiger partial charge in [0.05, 0.1) is 10.9 Å². The van der Waals surface area contributed by atoms with Crippen molar-refractivity contribution < 1.29 is 31.9 Å². The van der Waals surface area contributed by atoms with Gasteiger partial charge in [-0.25, -0.2) is 0 Å². The summed E-state index contributed by atoms with van der Waals surface area (Å²) in [6, 6.07) is 12.3. The normalized spacial score (nSPS) is 13.1. The molecule has 0 aliphatic heterocycles. The number of halogens is 3. The van der Waals surface area contributed by atoms with Crippen molar-refractivity contribution in [2.24, 2.45) is 0 Å². The van der Waals surface area contributed by atoms with Crippen LogP contribution in [0.5, 0.6) is 17.2 Å². The predicted molar refractivity (Wildman–Crippen MR) is 148 cm³/mol. The summed E-state index contributed by atoms with van der Waals surface area (Å²) in [5.41, 5.74) is 0.795. The first-order valence-electron chi connectivity index (χ1n) is 12.8. The van der Waals surface area contributed by atoms with E-state index in [1.807, 2.05) is 20.8 Å². The Kier molecular flexibility index (Phi) is 7.30. The van der Waals surface area contributed by atoms with E-state index in [9.17, 15) is 28.0 Å². The summed E-state index contributed by atoms with van der Waals surface area (Å²) in [4.78, 5) is 26.7. The molecule has 0 spiro atoms. The zero-order valence-electron chi connectivity index (χ0n) is 22.4. The molecule has 0 fully saturated rings. The topological polar surface area (TPSA) is 102 Å². The molecule has 0 saturated heterocycles. The molecule has 212 valence electrons. The van der Waals surface area contributed by atoms with Gasteiger partial charge in [0.15, 0.2) is 6.61 Å². The first-order chi connectivity index (χ1) is 19.3. The van der Waals surface area contributed by atoms with Crippen LogP contribution in [-0.2, 0) is 29.2 Å². The number of hydrogen-bond acceptors (Lipinski definition) is 7. The van der Waals surface area contributed by atoms with E-state index >= 15 is 0 Å². The maximum absolute atomic E-state index is 13.9. The van der Waals surface area contributed by atoms with Crippen LogP contribution in [0.15, 0.2) is 51.7 Å². The van der Waals surface area contributed by atoms with Crippen molar-refractivity contribution in [2.45, 2.75) is 51.6 Å². The monoisotopic (exact) mass is 582 g/mol. The van der Waals surface area contributed by atoms with Crippen LogP contribution in [0.25, 0.3) is 11.0 Å². The molecular weight excluding hydrogens is 557 g/mol. The molecule has 7 nitrogen and oxygen atoms in total. The van der Waals surface area contributed by atoms with Crippen molar-refractivity contribution in [3.05, 3.63) is 80.0 Å². The van der Waals surface area contributed by atoms with E-state index in [0.29, 0.717) is 10.6 Å². The molecule has 1 N–H and O–H groups in total. The number of carbonyl (C=O) groups excluding carboxylic acids is 1. The minimum absolute atomic E-state index is 0.0181. The molecule has 0 unspecified atom stereocenters. The molecule has 0 atom stereocenters. The molecule has 4 aromatic rings. The van der Waals surface area contributed by atoms with Crippen molar-refractivity contribution in [1.82, 2.24) is 0 Å². The summed E-state index contributed by atoms with van der Waals surface area (Å²) < 4.78 is 57.8. The van der Waals surface area contributed by atoms with Gasteiger partial charge in [0, 0.05) is 10.9 Å². The molecule has 0 saturated carbocycles. The van der Waals surface area contributed by atoms with Gasteiger partial charge >= 0.3 is 6.18 Å². The Hall–Kier alpha value is -4.30. The number of nitrogens with one attached hydrogen (secondary N) is 1. The van der Waals surface area contributed by atoms with Crippen molar-refractivity contribution in [1.29, 1.82) is 5.26 Å². The smallest absolute Gasteiger partial charge is 0.453 e. The van der Waals surface area contributed by atoms with Crippen LogP contribution < -0.4 is 20.2 Å². The fraction of sp³-hybridized carbons (Fsp3) is 0.300. The predicted octanol–water partition coefficient (Wildman–Crippen LogP) is 7.34. The minimum Gasteiger partial charge on any atom is -0.484 e. The largest absolute Gasteiger partial charge is 0.484 e. The summed E-state index contributed by atoms with van der Waals surface area (Å²) in [7, 11) is 0. The van der Waals surface area contributed by atoms with Crippen molar-refractivity contribution >= 4 is 33.2 Å². The fourth-order valence-electron chi connectivity index (χ4n) is 4.59. The second-order valence-electron chi connectivity index (χ2n) is 10.6. The zero-order valence-corrected chi connectivity index (χ0v) is 23.2. The standard InChI is InChI=1S/C30H25F3N2O5S/c1-29(2,3)16-7-9-17(10-8-16)39-26-25(37)20-12-11-18(13-22(20)40-27(26)30(31,32)33)38-15-24(36)35-28-21(14-34)19-5-4-6-23(19)41-28/h7-13H,4-6,15H2,1-3H3,(H,35,36). The first-order valence-corrected chi connectivity index (χ1v) is 13.6. The number of fused-ring (bicyclic) bond motifs is 2. The molecule has 0 bridgehead atoms. The van der Waals surface area contributed by atoms with Crippen LogP contribution >= 0.6 is 11.3 Å². The number of anilines is 1. The zero-order chi connectivity index (χ0) is 29.5. The van der Waals surface area contributed by atoms with Crippen LogP contribution in [-0.4, -0.2) is 12.5 Å². The van der Waals surface area contributed by atoms with Gasteiger partial charge in [-0.05, 0) is 60.1 Å².